The minimum Gasteiger partial charge on any atom is -0.508 e. The predicted octanol–water partition coefficient (Wildman–Crippen LogP) is 2.99. The number of phenols is 1. The predicted molar refractivity (Wildman–Crippen MR) is 72.8 cm³/mol. The maximum absolute atomic E-state index is 12.0. The summed E-state index contributed by atoms with van der Waals surface area (Å²) in [5, 5.41) is 13.3. The van der Waals surface area contributed by atoms with Crippen LogP contribution in [0.4, 0.5) is 0 Å². The van der Waals surface area contributed by atoms with Gasteiger partial charge in [-0.1, -0.05) is 22.0 Å². The van der Waals surface area contributed by atoms with Crippen molar-refractivity contribution in [2.24, 2.45) is 0 Å². The van der Waals surface area contributed by atoms with Gasteiger partial charge in [-0.15, -0.1) is 0 Å². The molecule has 0 saturated heterocycles. The standard InChI is InChI=1S/C13H18BrNO2/c1-9-4-5-10(8-11(9)16)12(17)15-13(2,3)6-7-14/h4-5,8,16H,6-7H2,1-3H3,(H,15,17). The number of alkyl halides is 1. The van der Waals surface area contributed by atoms with E-state index in [0.717, 1.165) is 17.3 Å². The lowest BCUT2D eigenvalue weighted by Crippen LogP contribution is -2.43. The van der Waals surface area contributed by atoms with Crippen LogP contribution in [0.2, 0.25) is 0 Å². The average Bonchev–Trinajstić information content (AvgIpc) is 2.21. The summed E-state index contributed by atoms with van der Waals surface area (Å²) in [5.74, 6) is -0.0119. The summed E-state index contributed by atoms with van der Waals surface area (Å²) in [6.45, 7) is 5.74. The normalized spacial score (nSPS) is 11.3. The van der Waals surface area contributed by atoms with Gasteiger partial charge in [-0.05, 0) is 44.9 Å². The lowest BCUT2D eigenvalue weighted by atomic mass is 10.0. The first-order valence-corrected chi connectivity index (χ1v) is 6.66. The van der Waals surface area contributed by atoms with Crippen molar-refractivity contribution in [2.75, 3.05) is 5.33 Å². The fraction of sp³-hybridized carbons (Fsp3) is 0.462. The van der Waals surface area contributed by atoms with Gasteiger partial charge in [0, 0.05) is 16.4 Å². The number of amides is 1. The number of aryl methyl sites for hydroxylation is 1. The number of halogens is 1. The molecule has 0 aromatic heterocycles. The van der Waals surface area contributed by atoms with Gasteiger partial charge in [-0.3, -0.25) is 4.79 Å². The highest BCUT2D eigenvalue weighted by Crippen LogP contribution is 2.18. The van der Waals surface area contributed by atoms with E-state index in [1.165, 1.54) is 6.07 Å². The molecule has 94 valence electrons. The van der Waals surface area contributed by atoms with E-state index in [1.54, 1.807) is 19.1 Å². The van der Waals surface area contributed by atoms with Gasteiger partial charge in [0.1, 0.15) is 5.75 Å². The topological polar surface area (TPSA) is 49.3 Å². The van der Waals surface area contributed by atoms with Crippen LogP contribution in [0.1, 0.15) is 36.2 Å². The Morgan fingerprint density at radius 2 is 2.12 bits per heavy atom. The third kappa shape index (κ3) is 4.04. The van der Waals surface area contributed by atoms with E-state index in [4.69, 9.17) is 0 Å². The molecule has 17 heavy (non-hydrogen) atoms. The van der Waals surface area contributed by atoms with Crippen molar-refractivity contribution in [3.63, 3.8) is 0 Å². The van der Waals surface area contributed by atoms with E-state index in [1.807, 2.05) is 13.8 Å². The highest BCUT2D eigenvalue weighted by atomic mass is 79.9. The molecular formula is C13H18BrNO2. The van der Waals surface area contributed by atoms with E-state index < -0.39 is 0 Å². The summed E-state index contributed by atoms with van der Waals surface area (Å²) in [4.78, 5) is 12.0. The van der Waals surface area contributed by atoms with Crippen molar-refractivity contribution in [2.45, 2.75) is 32.7 Å². The first-order chi connectivity index (χ1) is 7.85. The molecule has 0 fully saturated rings. The first kappa shape index (κ1) is 14.0. The zero-order valence-electron chi connectivity index (χ0n) is 10.4. The van der Waals surface area contributed by atoms with Crippen molar-refractivity contribution in [1.82, 2.24) is 5.32 Å². The van der Waals surface area contributed by atoms with Gasteiger partial charge in [0.2, 0.25) is 0 Å². The Kier molecular flexibility index (Phi) is 4.57. The number of hydrogen-bond donors (Lipinski definition) is 2. The summed E-state index contributed by atoms with van der Waals surface area (Å²) < 4.78 is 0. The lowest BCUT2D eigenvalue weighted by molar-refractivity contribution is 0.0911. The molecule has 4 heteroatoms. The number of rotatable bonds is 4. The highest BCUT2D eigenvalue weighted by Gasteiger charge is 2.20. The van der Waals surface area contributed by atoms with Crippen molar-refractivity contribution in [3.05, 3.63) is 29.3 Å². The first-order valence-electron chi connectivity index (χ1n) is 5.54. The molecule has 0 atom stereocenters. The largest absolute Gasteiger partial charge is 0.508 e. The zero-order valence-corrected chi connectivity index (χ0v) is 12.0. The molecule has 0 saturated carbocycles. The van der Waals surface area contributed by atoms with Gasteiger partial charge in [0.15, 0.2) is 0 Å². The lowest BCUT2D eigenvalue weighted by Gasteiger charge is -2.25. The Hall–Kier alpha value is -1.03. The number of carbonyl (C=O) groups is 1. The third-order valence-electron chi connectivity index (χ3n) is 2.64. The van der Waals surface area contributed by atoms with Crippen LogP contribution in [0.3, 0.4) is 0 Å². The Morgan fingerprint density at radius 3 is 2.65 bits per heavy atom. The number of benzene rings is 1. The molecule has 3 nitrogen and oxygen atoms in total. The van der Waals surface area contributed by atoms with E-state index >= 15 is 0 Å². The molecular weight excluding hydrogens is 282 g/mol. The second-order valence-corrected chi connectivity index (χ2v) is 5.57. The Balaban J connectivity index is 2.80. The summed E-state index contributed by atoms with van der Waals surface area (Å²) >= 11 is 3.36. The van der Waals surface area contributed by atoms with Crippen LogP contribution in [0, 0.1) is 6.92 Å². The van der Waals surface area contributed by atoms with Crippen LogP contribution in [-0.2, 0) is 0 Å². The quantitative estimate of drug-likeness (QED) is 0.840. The highest BCUT2D eigenvalue weighted by molar-refractivity contribution is 9.09. The van der Waals surface area contributed by atoms with E-state index in [2.05, 4.69) is 21.2 Å². The second-order valence-electron chi connectivity index (χ2n) is 4.78. The van der Waals surface area contributed by atoms with Crippen LogP contribution in [-0.4, -0.2) is 21.9 Å². The molecule has 1 rings (SSSR count). The average molecular weight is 300 g/mol. The molecule has 0 aliphatic rings. The molecule has 0 aliphatic carbocycles. The third-order valence-corrected chi connectivity index (χ3v) is 3.04. The van der Waals surface area contributed by atoms with Crippen molar-refractivity contribution in [3.8, 4) is 5.75 Å². The Labute approximate surface area is 110 Å². The molecule has 0 bridgehead atoms. The summed E-state index contributed by atoms with van der Waals surface area (Å²) in [6.07, 6.45) is 0.844. The minimum absolute atomic E-state index is 0.149. The Morgan fingerprint density at radius 1 is 1.47 bits per heavy atom. The molecule has 1 aromatic rings. The van der Waals surface area contributed by atoms with Gasteiger partial charge in [0.05, 0.1) is 0 Å². The van der Waals surface area contributed by atoms with Gasteiger partial charge in [-0.2, -0.15) is 0 Å². The van der Waals surface area contributed by atoms with Crippen LogP contribution < -0.4 is 5.32 Å². The van der Waals surface area contributed by atoms with Crippen LogP contribution in [0.25, 0.3) is 0 Å². The van der Waals surface area contributed by atoms with Gasteiger partial charge < -0.3 is 10.4 Å². The van der Waals surface area contributed by atoms with Gasteiger partial charge in [0.25, 0.3) is 5.91 Å². The second kappa shape index (κ2) is 5.54. The van der Waals surface area contributed by atoms with Crippen molar-refractivity contribution >= 4 is 21.8 Å². The number of nitrogens with one attached hydrogen (secondary N) is 1. The van der Waals surface area contributed by atoms with Gasteiger partial charge >= 0.3 is 0 Å². The van der Waals surface area contributed by atoms with Crippen molar-refractivity contribution in [1.29, 1.82) is 0 Å². The van der Waals surface area contributed by atoms with Gasteiger partial charge in [-0.25, -0.2) is 0 Å². The molecule has 0 spiro atoms. The number of phenolic OH excluding ortho intramolecular Hbond substituents is 1. The number of hydrogen-bond acceptors (Lipinski definition) is 2. The molecule has 0 radical (unpaired) electrons. The molecule has 2 N–H and O–H groups in total. The van der Waals surface area contributed by atoms with Crippen LogP contribution >= 0.6 is 15.9 Å². The molecule has 0 aliphatic heterocycles. The van der Waals surface area contributed by atoms with Crippen LogP contribution in [0.15, 0.2) is 18.2 Å². The maximum atomic E-state index is 12.0. The van der Waals surface area contributed by atoms with E-state index in [9.17, 15) is 9.90 Å². The SMILES string of the molecule is Cc1ccc(C(=O)NC(C)(C)CCBr)cc1O. The molecule has 1 amide bonds. The van der Waals surface area contributed by atoms with E-state index in [-0.39, 0.29) is 17.2 Å². The molecule has 1 aromatic carbocycles. The molecule has 0 heterocycles. The monoisotopic (exact) mass is 299 g/mol. The summed E-state index contributed by atoms with van der Waals surface area (Å²) in [5.41, 5.74) is 0.984. The van der Waals surface area contributed by atoms with E-state index in [0.29, 0.717) is 5.56 Å². The van der Waals surface area contributed by atoms with Crippen LogP contribution in [0.5, 0.6) is 5.75 Å². The Bertz CT molecular complexity index is 416. The smallest absolute Gasteiger partial charge is 0.251 e. The fourth-order valence-corrected chi connectivity index (χ4v) is 2.42. The fourth-order valence-electron chi connectivity index (χ4n) is 1.43. The maximum Gasteiger partial charge on any atom is 0.251 e. The number of aromatic hydroxyl groups is 1. The summed E-state index contributed by atoms with van der Waals surface area (Å²) in [6, 6.07) is 4.95. The molecule has 0 unspecified atom stereocenters. The minimum atomic E-state index is -0.263. The number of carbonyl (C=O) groups excluding carboxylic acids is 1. The summed E-state index contributed by atoms with van der Waals surface area (Å²) in [7, 11) is 0. The van der Waals surface area contributed by atoms with Crippen molar-refractivity contribution < 1.29 is 9.90 Å². The zero-order chi connectivity index (χ0) is 13.1.